The molecule has 0 aliphatic heterocycles. The van der Waals surface area contributed by atoms with Gasteiger partial charge in [0.2, 0.25) is 0 Å². The Morgan fingerprint density at radius 2 is 2.11 bits per heavy atom. The number of nitrogens with zero attached hydrogens (tertiary/aromatic N) is 1. The van der Waals surface area contributed by atoms with Gasteiger partial charge in [-0.3, -0.25) is 4.79 Å². The molecule has 1 N–H and O–H groups in total. The van der Waals surface area contributed by atoms with E-state index in [-0.39, 0.29) is 5.91 Å². The van der Waals surface area contributed by atoms with Crippen molar-refractivity contribution in [1.29, 1.82) is 0 Å². The Morgan fingerprint density at radius 1 is 1.32 bits per heavy atom. The second kappa shape index (κ2) is 6.82. The second-order valence-corrected chi connectivity index (χ2v) is 4.76. The number of benzene rings is 1. The summed E-state index contributed by atoms with van der Waals surface area (Å²) in [5.41, 5.74) is 3.28. The van der Waals surface area contributed by atoms with Crippen molar-refractivity contribution in [3.8, 4) is 0 Å². The lowest BCUT2D eigenvalue weighted by Gasteiger charge is -2.13. The molecular weight excluding hydrogens is 260 g/mol. The first-order valence-corrected chi connectivity index (χ1v) is 6.63. The van der Waals surface area contributed by atoms with Gasteiger partial charge in [0.25, 0.3) is 5.91 Å². The van der Waals surface area contributed by atoms with Crippen molar-refractivity contribution in [2.45, 2.75) is 6.10 Å². The molecule has 1 heterocycles. The maximum absolute atomic E-state index is 12.0. The van der Waals surface area contributed by atoms with Gasteiger partial charge in [-0.25, -0.2) is 5.43 Å². The van der Waals surface area contributed by atoms with E-state index in [4.69, 9.17) is 4.74 Å². The van der Waals surface area contributed by atoms with Crippen molar-refractivity contribution in [1.82, 2.24) is 5.43 Å². The molecular formula is C14H14N2O2S. The van der Waals surface area contributed by atoms with Crippen LogP contribution in [0.2, 0.25) is 0 Å². The number of carbonyl (C=O) groups is 1. The van der Waals surface area contributed by atoms with Gasteiger partial charge in [0.1, 0.15) is 0 Å². The van der Waals surface area contributed by atoms with Crippen LogP contribution >= 0.6 is 11.3 Å². The van der Waals surface area contributed by atoms with Gasteiger partial charge in [-0.2, -0.15) is 5.10 Å². The van der Waals surface area contributed by atoms with E-state index >= 15 is 0 Å². The highest BCUT2D eigenvalue weighted by Crippen LogP contribution is 2.16. The number of hydrazone groups is 1. The molecule has 1 atom stereocenters. The first-order chi connectivity index (χ1) is 9.31. The lowest BCUT2D eigenvalue weighted by atomic mass is 10.1. The highest BCUT2D eigenvalue weighted by atomic mass is 32.1. The summed E-state index contributed by atoms with van der Waals surface area (Å²) in [7, 11) is 1.50. The van der Waals surface area contributed by atoms with E-state index in [0.29, 0.717) is 0 Å². The molecule has 1 amide bonds. The number of thiophene rings is 1. The number of methoxy groups -OCH3 is 1. The van der Waals surface area contributed by atoms with Crippen LogP contribution in [-0.2, 0) is 9.53 Å². The minimum absolute atomic E-state index is 0.290. The van der Waals surface area contributed by atoms with Gasteiger partial charge in [0.15, 0.2) is 6.10 Å². The number of hydrogen-bond acceptors (Lipinski definition) is 4. The summed E-state index contributed by atoms with van der Waals surface area (Å²) < 4.78 is 5.20. The maximum atomic E-state index is 12.0. The summed E-state index contributed by atoms with van der Waals surface area (Å²) in [4.78, 5) is 12.9. The predicted molar refractivity (Wildman–Crippen MR) is 76.2 cm³/mol. The third-order valence-corrected chi connectivity index (χ3v) is 3.29. The predicted octanol–water partition coefficient (Wildman–Crippen LogP) is 2.59. The van der Waals surface area contributed by atoms with Crippen LogP contribution in [0.3, 0.4) is 0 Å². The Balaban J connectivity index is 1.98. The molecule has 4 nitrogen and oxygen atoms in total. The average Bonchev–Trinajstić information content (AvgIpc) is 2.94. The monoisotopic (exact) mass is 274 g/mol. The molecule has 5 heteroatoms. The Kier molecular flexibility index (Phi) is 4.83. The van der Waals surface area contributed by atoms with E-state index in [1.165, 1.54) is 7.11 Å². The van der Waals surface area contributed by atoms with Gasteiger partial charge >= 0.3 is 0 Å². The van der Waals surface area contributed by atoms with Gasteiger partial charge in [-0.1, -0.05) is 36.4 Å². The molecule has 1 unspecified atom stereocenters. The zero-order valence-electron chi connectivity index (χ0n) is 10.4. The summed E-state index contributed by atoms with van der Waals surface area (Å²) >= 11 is 1.55. The average molecular weight is 274 g/mol. The molecule has 0 fully saturated rings. The second-order valence-electron chi connectivity index (χ2n) is 3.78. The molecule has 2 aromatic rings. The van der Waals surface area contributed by atoms with Gasteiger partial charge in [-0.05, 0) is 17.0 Å². The molecule has 0 saturated carbocycles. The van der Waals surface area contributed by atoms with Crippen LogP contribution in [0.1, 0.15) is 16.5 Å². The first-order valence-electron chi connectivity index (χ1n) is 5.75. The Morgan fingerprint density at radius 3 is 2.74 bits per heavy atom. The fourth-order valence-corrected chi connectivity index (χ4v) is 2.19. The lowest BCUT2D eigenvalue weighted by Crippen LogP contribution is -2.26. The van der Waals surface area contributed by atoms with E-state index in [9.17, 15) is 4.79 Å². The number of rotatable bonds is 5. The van der Waals surface area contributed by atoms with Gasteiger partial charge in [0, 0.05) is 12.0 Å². The van der Waals surface area contributed by atoms with E-state index in [1.807, 2.05) is 47.8 Å². The molecule has 98 valence electrons. The molecule has 1 aromatic heterocycles. The number of carbonyl (C=O) groups excluding carboxylic acids is 1. The van der Waals surface area contributed by atoms with Crippen LogP contribution in [0, 0.1) is 0 Å². The van der Waals surface area contributed by atoms with Gasteiger partial charge in [-0.15, -0.1) is 11.3 Å². The topological polar surface area (TPSA) is 50.7 Å². The molecule has 19 heavy (non-hydrogen) atoms. The summed E-state index contributed by atoms with van der Waals surface area (Å²) in [5, 5.41) is 5.86. The standard InChI is InChI=1S/C14H14N2O2S/c1-18-13(11-6-3-2-4-7-11)14(17)16-15-10-12-8-5-9-19-12/h2-10,13H,1H3,(H,16,17). The van der Waals surface area contributed by atoms with Crippen molar-refractivity contribution in [2.24, 2.45) is 5.10 Å². The zero-order valence-corrected chi connectivity index (χ0v) is 11.3. The summed E-state index contributed by atoms with van der Waals surface area (Å²) in [5.74, 6) is -0.290. The first kappa shape index (κ1) is 13.5. The minimum Gasteiger partial charge on any atom is -0.367 e. The molecule has 0 aliphatic rings. The van der Waals surface area contributed by atoms with Crippen LogP contribution in [0.25, 0.3) is 0 Å². The Labute approximate surface area is 115 Å². The highest BCUT2D eigenvalue weighted by molar-refractivity contribution is 7.11. The Hall–Kier alpha value is -1.98. The zero-order chi connectivity index (χ0) is 13.5. The smallest absolute Gasteiger partial charge is 0.273 e. The Bertz CT molecular complexity index is 538. The van der Waals surface area contributed by atoms with Crippen molar-refractivity contribution >= 4 is 23.5 Å². The van der Waals surface area contributed by atoms with Crippen LogP contribution in [0.15, 0.2) is 52.9 Å². The highest BCUT2D eigenvalue weighted by Gasteiger charge is 2.18. The summed E-state index contributed by atoms with van der Waals surface area (Å²) in [6.07, 6.45) is 0.960. The van der Waals surface area contributed by atoms with Crippen LogP contribution < -0.4 is 5.43 Å². The van der Waals surface area contributed by atoms with Crippen LogP contribution in [0.4, 0.5) is 0 Å². The molecule has 0 bridgehead atoms. The molecule has 2 rings (SSSR count). The van der Waals surface area contributed by atoms with Crippen molar-refractivity contribution < 1.29 is 9.53 Å². The maximum Gasteiger partial charge on any atom is 0.273 e. The number of hydrogen-bond donors (Lipinski definition) is 1. The van der Waals surface area contributed by atoms with Crippen molar-refractivity contribution in [3.63, 3.8) is 0 Å². The molecule has 0 spiro atoms. The SMILES string of the molecule is COC(C(=O)NN=Cc1cccs1)c1ccccc1. The van der Waals surface area contributed by atoms with Crippen molar-refractivity contribution in [2.75, 3.05) is 7.11 Å². The largest absolute Gasteiger partial charge is 0.367 e. The van der Waals surface area contributed by atoms with Gasteiger partial charge in [0.05, 0.1) is 6.21 Å². The fraction of sp³-hybridized carbons (Fsp3) is 0.143. The van der Waals surface area contributed by atoms with Crippen LogP contribution in [0.5, 0.6) is 0 Å². The number of nitrogens with one attached hydrogen (secondary N) is 1. The van der Waals surface area contributed by atoms with E-state index in [0.717, 1.165) is 10.4 Å². The third kappa shape index (κ3) is 3.74. The summed E-state index contributed by atoms with van der Waals surface area (Å²) in [6.45, 7) is 0. The molecule has 0 radical (unpaired) electrons. The minimum atomic E-state index is -0.651. The quantitative estimate of drug-likeness (QED) is 0.673. The summed E-state index contributed by atoms with van der Waals surface area (Å²) in [6, 6.07) is 13.2. The molecule has 0 saturated heterocycles. The number of amides is 1. The van der Waals surface area contributed by atoms with Crippen molar-refractivity contribution in [3.05, 3.63) is 58.3 Å². The van der Waals surface area contributed by atoms with Gasteiger partial charge < -0.3 is 4.74 Å². The van der Waals surface area contributed by atoms with E-state index in [2.05, 4.69) is 10.5 Å². The van der Waals surface area contributed by atoms with E-state index < -0.39 is 6.10 Å². The third-order valence-electron chi connectivity index (χ3n) is 2.49. The lowest BCUT2D eigenvalue weighted by molar-refractivity contribution is -0.131. The van der Waals surface area contributed by atoms with E-state index in [1.54, 1.807) is 17.6 Å². The molecule has 1 aromatic carbocycles. The fourth-order valence-electron chi connectivity index (χ4n) is 1.61. The number of ether oxygens (including phenoxy) is 1. The van der Waals surface area contributed by atoms with Crippen LogP contribution in [-0.4, -0.2) is 19.2 Å². The normalized spacial score (nSPS) is 12.5. The molecule has 0 aliphatic carbocycles.